The maximum absolute atomic E-state index is 11.0. The normalized spacial score (nSPS) is 9.67. The van der Waals surface area contributed by atoms with Gasteiger partial charge in [-0.2, -0.15) is 5.26 Å². The molecule has 0 unspecified atom stereocenters. The molecule has 0 amide bonds. The topological polar surface area (TPSA) is 126 Å². The highest BCUT2D eigenvalue weighted by Crippen LogP contribution is 2.28. The van der Waals surface area contributed by atoms with E-state index in [0.717, 1.165) is 12.1 Å². The van der Waals surface area contributed by atoms with Crippen molar-refractivity contribution in [3.8, 4) is 17.7 Å². The Balaban J connectivity index is 2.42. The lowest BCUT2D eigenvalue weighted by molar-refractivity contribution is -0.385. The number of benzene rings is 1. The van der Waals surface area contributed by atoms with E-state index in [-0.39, 0.29) is 17.2 Å². The molecule has 1 aromatic heterocycles. The van der Waals surface area contributed by atoms with Gasteiger partial charge in [0.25, 0.3) is 5.69 Å². The van der Waals surface area contributed by atoms with Gasteiger partial charge in [-0.25, -0.2) is 9.78 Å². The van der Waals surface area contributed by atoms with Gasteiger partial charge < -0.3 is 9.84 Å². The zero-order chi connectivity index (χ0) is 15.4. The van der Waals surface area contributed by atoms with Crippen LogP contribution in [0.15, 0.2) is 36.5 Å². The van der Waals surface area contributed by atoms with Crippen molar-refractivity contribution in [2.75, 3.05) is 0 Å². The molecule has 0 bridgehead atoms. The molecule has 0 radical (unpaired) electrons. The maximum atomic E-state index is 11.0. The lowest BCUT2D eigenvalue weighted by Gasteiger charge is -2.06. The molecule has 0 aliphatic carbocycles. The summed E-state index contributed by atoms with van der Waals surface area (Å²) in [7, 11) is 0. The number of aromatic carboxylic acids is 1. The third-order valence-corrected chi connectivity index (χ3v) is 2.50. The van der Waals surface area contributed by atoms with E-state index >= 15 is 0 Å². The largest absolute Gasteiger partial charge is 0.477 e. The predicted molar refractivity (Wildman–Crippen MR) is 69.1 cm³/mol. The van der Waals surface area contributed by atoms with Crippen LogP contribution in [0.2, 0.25) is 0 Å². The first-order chi connectivity index (χ1) is 10.0. The predicted octanol–water partition coefficient (Wildman–Crippen LogP) is 2.35. The van der Waals surface area contributed by atoms with Gasteiger partial charge in [-0.3, -0.25) is 10.1 Å². The van der Waals surface area contributed by atoms with E-state index in [4.69, 9.17) is 15.1 Å². The first kappa shape index (κ1) is 14.0. The standard InChI is InChI=1S/C13H7N3O5/c14-7-8-2-1-5-15-12(8)21-9-3-4-11(16(19)20)10(6-9)13(17)18/h1-6H,(H,17,18). The molecule has 0 saturated carbocycles. The van der Waals surface area contributed by atoms with Crippen LogP contribution in [0.4, 0.5) is 5.69 Å². The number of nitro groups is 1. The average molecular weight is 285 g/mol. The first-order valence-electron chi connectivity index (χ1n) is 5.57. The van der Waals surface area contributed by atoms with Gasteiger partial charge in [0, 0.05) is 18.3 Å². The van der Waals surface area contributed by atoms with E-state index in [1.54, 1.807) is 6.07 Å². The summed E-state index contributed by atoms with van der Waals surface area (Å²) in [5.74, 6) is -1.42. The smallest absolute Gasteiger partial charge is 0.342 e. The fourth-order valence-electron chi connectivity index (χ4n) is 1.58. The van der Waals surface area contributed by atoms with Gasteiger partial charge in [-0.05, 0) is 18.2 Å². The van der Waals surface area contributed by atoms with Crippen molar-refractivity contribution in [2.45, 2.75) is 0 Å². The first-order valence-corrected chi connectivity index (χ1v) is 5.57. The lowest BCUT2D eigenvalue weighted by Crippen LogP contribution is -2.03. The Morgan fingerprint density at radius 2 is 2.19 bits per heavy atom. The number of nitrogens with zero attached hydrogens (tertiary/aromatic N) is 3. The summed E-state index contributed by atoms with van der Waals surface area (Å²) in [6.07, 6.45) is 1.40. The number of rotatable bonds is 4. The highest BCUT2D eigenvalue weighted by atomic mass is 16.6. The number of ether oxygens (including phenoxy) is 1. The number of carboxylic acid groups (broad SMARTS) is 1. The second-order valence-corrected chi connectivity index (χ2v) is 3.81. The summed E-state index contributed by atoms with van der Waals surface area (Å²) < 4.78 is 5.31. The molecule has 0 aliphatic heterocycles. The van der Waals surface area contributed by atoms with Crippen molar-refractivity contribution in [3.05, 3.63) is 57.8 Å². The quantitative estimate of drug-likeness (QED) is 0.674. The molecule has 2 aromatic rings. The van der Waals surface area contributed by atoms with E-state index in [0.29, 0.717) is 0 Å². The molecule has 2 rings (SSSR count). The van der Waals surface area contributed by atoms with Gasteiger partial charge in [0.15, 0.2) is 0 Å². The van der Waals surface area contributed by atoms with Crippen LogP contribution in [0.3, 0.4) is 0 Å². The zero-order valence-corrected chi connectivity index (χ0v) is 10.4. The summed E-state index contributed by atoms with van der Waals surface area (Å²) in [5.41, 5.74) is -0.893. The van der Waals surface area contributed by atoms with Gasteiger partial charge in [0.05, 0.1) is 4.92 Å². The second-order valence-electron chi connectivity index (χ2n) is 3.81. The Bertz CT molecular complexity index is 767. The summed E-state index contributed by atoms with van der Waals surface area (Å²) in [4.78, 5) is 24.8. The maximum Gasteiger partial charge on any atom is 0.342 e. The van der Waals surface area contributed by atoms with Crippen molar-refractivity contribution in [3.63, 3.8) is 0 Å². The molecule has 1 N–H and O–H groups in total. The molecule has 0 atom stereocenters. The van der Waals surface area contributed by atoms with Crippen molar-refractivity contribution in [1.29, 1.82) is 5.26 Å². The Morgan fingerprint density at radius 3 is 2.81 bits per heavy atom. The van der Waals surface area contributed by atoms with Crippen LogP contribution < -0.4 is 4.74 Å². The fourth-order valence-corrected chi connectivity index (χ4v) is 1.58. The van der Waals surface area contributed by atoms with Crippen molar-refractivity contribution in [1.82, 2.24) is 4.98 Å². The van der Waals surface area contributed by atoms with E-state index < -0.39 is 22.1 Å². The highest BCUT2D eigenvalue weighted by molar-refractivity contribution is 5.92. The number of nitriles is 1. The summed E-state index contributed by atoms with van der Waals surface area (Å²) in [6, 6.07) is 8.16. The number of carbonyl (C=O) groups is 1. The monoisotopic (exact) mass is 285 g/mol. The van der Waals surface area contributed by atoms with Crippen LogP contribution in [0.25, 0.3) is 0 Å². The van der Waals surface area contributed by atoms with E-state index in [1.807, 2.05) is 6.07 Å². The van der Waals surface area contributed by atoms with Gasteiger partial charge in [0.1, 0.15) is 22.9 Å². The number of nitro benzene ring substituents is 1. The minimum atomic E-state index is -1.45. The Labute approximate surface area is 118 Å². The number of hydrogen-bond donors (Lipinski definition) is 1. The fraction of sp³-hybridized carbons (Fsp3) is 0. The molecule has 104 valence electrons. The molecule has 8 heteroatoms. The zero-order valence-electron chi connectivity index (χ0n) is 10.4. The summed E-state index contributed by atoms with van der Waals surface area (Å²) in [6.45, 7) is 0. The van der Waals surface area contributed by atoms with Crippen molar-refractivity contribution >= 4 is 11.7 Å². The third kappa shape index (κ3) is 2.93. The molecular weight excluding hydrogens is 278 g/mol. The Morgan fingerprint density at radius 1 is 1.43 bits per heavy atom. The second kappa shape index (κ2) is 5.66. The molecule has 0 aliphatic rings. The molecule has 0 fully saturated rings. The molecule has 21 heavy (non-hydrogen) atoms. The Hall–Kier alpha value is -3.47. The molecule has 0 saturated heterocycles. The van der Waals surface area contributed by atoms with Crippen LogP contribution in [-0.4, -0.2) is 21.0 Å². The van der Waals surface area contributed by atoms with E-state index in [2.05, 4.69) is 4.98 Å². The molecule has 8 nitrogen and oxygen atoms in total. The Kier molecular flexibility index (Phi) is 3.76. The minimum Gasteiger partial charge on any atom is -0.477 e. The number of hydrogen-bond acceptors (Lipinski definition) is 6. The van der Waals surface area contributed by atoms with Crippen LogP contribution in [-0.2, 0) is 0 Å². The average Bonchev–Trinajstić information content (AvgIpc) is 2.47. The van der Waals surface area contributed by atoms with Crippen molar-refractivity contribution < 1.29 is 19.6 Å². The number of aromatic nitrogens is 1. The van der Waals surface area contributed by atoms with Gasteiger partial charge in [-0.1, -0.05) is 0 Å². The molecular formula is C13H7N3O5. The van der Waals surface area contributed by atoms with Crippen LogP contribution in [0, 0.1) is 21.4 Å². The highest BCUT2D eigenvalue weighted by Gasteiger charge is 2.21. The van der Waals surface area contributed by atoms with Crippen LogP contribution >= 0.6 is 0 Å². The number of pyridine rings is 1. The SMILES string of the molecule is N#Cc1cccnc1Oc1ccc([N+](=O)[O-])c(C(=O)O)c1. The third-order valence-electron chi connectivity index (χ3n) is 2.50. The van der Waals surface area contributed by atoms with E-state index in [9.17, 15) is 14.9 Å². The molecule has 1 aromatic carbocycles. The van der Waals surface area contributed by atoms with Crippen molar-refractivity contribution in [2.24, 2.45) is 0 Å². The van der Waals surface area contributed by atoms with E-state index in [1.165, 1.54) is 18.3 Å². The van der Waals surface area contributed by atoms with Crippen LogP contribution in [0.5, 0.6) is 11.6 Å². The summed E-state index contributed by atoms with van der Waals surface area (Å²) in [5, 5.41) is 28.6. The summed E-state index contributed by atoms with van der Waals surface area (Å²) >= 11 is 0. The van der Waals surface area contributed by atoms with Gasteiger partial charge >= 0.3 is 5.97 Å². The lowest BCUT2D eigenvalue weighted by atomic mass is 10.1. The molecule has 1 heterocycles. The minimum absolute atomic E-state index is 0.00908. The van der Waals surface area contributed by atoms with Crippen LogP contribution in [0.1, 0.15) is 15.9 Å². The van der Waals surface area contributed by atoms with Gasteiger partial charge in [-0.15, -0.1) is 0 Å². The number of carboxylic acids is 1. The molecule has 0 spiro atoms. The van der Waals surface area contributed by atoms with Gasteiger partial charge in [0.2, 0.25) is 5.88 Å².